The largest absolute Gasteiger partial charge is 0.383 e. The molecule has 0 saturated carbocycles. The Morgan fingerprint density at radius 3 is 2.25 bits per heavy atom. The minimum Gasteiger partial charge on any atom is -0.383 e. The van der Waals surface area contributed by atoms with E-state index in [1.165, 1.54) is 16.7 Å². The van der Waals surface area contributed by atoms with Crippen molar-refractivity contribution in [3.05, 3.63) is 35.2 Å². The van der Waals surface area contributed by atoms with Gasteiger partial charge in [-0.2, -0.15) is 0 Å². The van der Waals surface area contributed by atoms with E-state index >= 15 is 0 Å². The summed E-state index contributed by atoms with van der Waals surface area (Å²) in [5.74, 6) is 0.714. The molecular weight excluding hydrogens is 198 g/mol. The third kappa shape index (κ3) is 1.58. The molecule has 0 spiro atoms. The molecule has 1 aromatic heterocycles. The summed E-state index contributed by atoms with van der Waals surface area (Å²) >= 11 is 0. The predicted molar refractivity (Wildman–Crippen MR) is 67.3 cm³/mol. The zero-order valence-electron chi connectivity index (χ0n) is 10.2. The van der Waals surface area contributed by atoms with Gasteiger partial charge in [0.1, 0.15) is 11.5 Å². The van der Waals surface area contributed by atoms with E-state index in [2.05, 4.69) is 37.9 Å². The van der Waals surface area contributed by atoms with Crippen molar-refractivity contribution in [3.63, 3.8) is 0 Å². The molecule has 16 heavy (non-hydrogen) atoms. The van der Waals surface area contributed by atoms with Crippen molar-refractivity contribution in [2.75, 3.05) is 5.73 Å². The molecule has 0 radical (unpaired) electrons. The fraction of sp³-hybridized carbons (Fsp3) is 0.308. The lowest BCUT2D eigenvalue weighted by atomic mass is 9.99. The molecule has 3 heteroatoms. The highest BCUT2D eigenvalue weighted by Crippen LogP contribution is 2.28. The maximum atomic E-state index is 5.99. The molecule has 0 aliphatic rings. The minimum atomic E-state index is 0.714. The molecule has 84 valence electrons. The van der Waals surface area contributed by atoms with Crippen LogP contribution in [0.15, 0.2) is 18.5 Å². The standard InChI is InChI=1S/C13H17N3/c1-8-5-10(3)11(6-9(8)2)12-13(14)16(4)7-15-12/h5-7H,14H2,1-4H3. The second-order valence-corrected chi connectivity index (χ2v) is 4.34. The lowest BCUT2D eigenvalue weighted by Crippen LogP contribution is -1.97. The number of hydrogen-bond donors (Lipinski definition) is 1. The van der Waals surface area contributed by atoms with E-state index in [4.69, 9.17) is 5.73 Å². The summed E-state index contributed by atoms with van der Waals surface area (Å²) in [6, 6.07) is 4.34. The third-order valence-corrected chi connectivity index (χ3v) is 3.08. The molecule has 3 nitrogen and oxygen atoms in total. The number of nitrogens with two attached hydrogens (primary N) is 1. The van der Waals surface area contributed by atoms with Gasteiger partial charge in [0.2, 0.25) is 0 Å². The van der Waals surface area contributed by atoms with Gasteiger partial charge in [-0.15, -0.1) is 0 Å². The Balaban J connectivity index is 2.65. The fourth-order valence-corrected chi connectivity index (χ4v) is 1.86. The average Bonchev–Trinajstić information content (AvgIpc) is 2.54. The van der Waals surface area contributed by atoms with Crippen LogP contribution in [0, 0.1) is 20.8 Å². The third-order valence-electron chi connectivity index (χ3n) is 3.08. The highest BCUT2D eigenvalue weighted by molar-refractivity contribution is 5.74. The molecule has 2 aromatic rings. The first-order chi connectivity index (χ1) is 7.50. The van der Waals surface area contributed by atoms with E-state index in [0.717, 1.165) is 11.3 Å². The molecule has 1 aromatic carbocycles. The number of nitrogens with zero attached hydrogens (tertiary/aromatic N) is 2. The maximum absolute atomic E-state index is 5.99. The van der Waals surface area contributed by atoms with Gasteiger partial charge in [0.25, 0.3) is 0 Å². The van der Waals surface area contributed by atoms with E-state index < -0.39 is 0 Å². The van der Waals surface area contributed by atoms with Crippen LogP contribution in [0.2, 0.25) is 0 Å². The minimum absolute atomic E-state index is 0.714. The summed E-state index contributed by atoms with van der Waals surface area (Å²) in [4.78, 5) is 4.36. The number of nitrogen functional groups attached to an aromatic ring is 1. The molecule has 0 atom stereocenters. The van der Waals surface area contributed by atoms with E-state index in [-0.39, 0.29) is 0 Å². The van der Waals surface area contributed by atoms with Crippen LogP contribution < -0.4 is 5.73 Å². The van der Waals surface area contributed by atoms with Crippen molar-refractivity contribution in [2.45, 2.75) is 20.8 Å². The van der Waals surface area contributed by atoms with Gasteiger partial charge in [-0.1, -0.05) is 6.07 Å². The summed E-state index contributed by atoms with van der Waals surface area (Å²) in [6.45, 7) is 6.32. The van der Waals surface area contributed by atoms with Crippen molar-refractivity contribution in [3.8, 4) is 11.3 Å². The van der Waals surface area contributed by atoms with Gasteiger partial charge in [0.05, 0.1) is 6.33 Å². The molecule has 0 aliphatic heterocycles. The zero-order valence-corrected chi connectivity index (χ0v) is 10.2. The molecule has 0 amide bonds. The summed E-state index contributed by atoms with van der Waals surface area (Å²) in [6.07, 6.45) is 1.75. The van der Waals surface area contributed by atoms with Crippen molar-refractivity contribution in [1.82, 2.24) is 9.55 Å². The molecule has 1 heterocycles. The average molecular weight is 215 g/mol. The summed E-state index contributed by atoms with van der Waals surface area (Å²) in [7, 11) is 1.90. The molecule has 0 bridgehead atoms. The highest BCUT2D eigenvalue weighted by atomic mass is 15.1. The number of aryl methyl sites for hydroxylation is 4. The Bertz CT molecular complexity index is 538. The van der Waals surface area contributed by atoms with Crippen LogP contribution in [0.4, 0.5) is 5.82 Å². The van der Waals surface area contributed by atoms with Gasteiger partial charge in [-0.05, 0) is 43.5 Å². The van der Waals surface area contributed by atoms with E-state index in [0.29, 0.717) is 5.82 Å². The van der Waals surface area contributed by atoms with Crippen LogP contribution in [0.3, 0.4) is 0 Å². The first-order valence-electron chi connectivity index (χ1n) is 5.35. The van der Waals surface area contributed by atoms with E-state index in [1.807, 2.05) is 11.6 Å². The summed E-state index contributed by atoms with van der Waals surface area (Å²) < 4.78 is 1.84. The number of aromatic nitrogens is 2. The van der Waals surface area contributed by atoms with Crippen molar-refractivity contribution in [1.29, 1.82) is 0 Å². The molecular formula is C13H17N3. The lowest BCUT2D eigenvalue weighted by Gasteiger charge is -2.08. The van der Waals surface area contributed by atoms with E-state index in [9.17, 15) is 0 Å². The van der Waals surface area contributed by atoms with Crippen molar-refractivity contribution < 1.29 is 0 Å². The normalized spacial score (nSPS) is 10.8. The van der Waals surface area contributed by atoms with Crippen LogP contribution in [-0.4, -0.2) is 9.55 Å². The van der Waals surface area contributed by atoms with Gasteiger partial charge in [-0.25, -0.2) is 4.98 Å². The zero-order chi connectivity index (χ0) is 11.9. The smallest absolute Gasteiger partial charge is 0.131 e. The molecule has 2 N–H and O–H groups in total. The monoisotopic (exact) mass is 215 g/mol. The number of imidazole rings is 1. The topological polar surface area (TPSA) is 43.8 Å². The molecule has 0 aliphatic carbocycles. The van der Waals surface area contributed by atoms with Gasteiger partial charge >= 0.3 is 0 Å². The second-order valence-electron chi connectivity index (χ2n) is 4.34. The van der Waals surface area contributed by atoms with Crippen molar-refractivity contribution in [2.24, 2.45) is 7.05 Å². The van der Waals surface area contributed by atoms with Crippen LogP contribution in [0.25, 0.3) is 11.3 Å². The summed E-state index contributed by atoms with van der Waals surface area (Å²) in [5.41, 5.74) is 11.8. The van der Waals surface area contributed by atoms with Crippen LogP contribution in [-0.2, 0) is 7.05 Å². The lowest BCUT2D eigenvalue weighted by molar-refractivity contribution is 0.925. The summed E-state index contributed by atoms with van der Waals surface area (Å²) in [5, 5.41) is 0. The fourth-order valence-electron chi connectivity index (χ4n) is 1.86. The van der Waals surface area contributed by atoms with Gasteiger partial charge in [0.15, 0.2) is 0 Å². The van der Waals surface area contributed by atoms with Gasteiger partial charge in [0, 0.05) is 12.6 Å². The Kier molecular flexibility index (Phi) is 2.46. The second kappa shape index (κ2) is 3.67. The van der Waals surface area contributed by atoms with Gasteiger partial charge < -0.3 is 10.3 Å². The maximum Gasteiger partial charge on any atom is 0.131 e. The first-order valence-corrected chi connectivity index (χ1v) is 5.35. The van der Waals surface area contributed by atoms with Gasteiger partial charge in [-0.3, -0.25) is 0 Å². The Morgan fingerprint density at radius 2 is 1.69 bits per heavy atom. The SMILES string of the molecule is Cc1cc(C)c(-c2ncn(C)c2N)cc1C. The molecule has 0 saturated heterocycles. The first kappa shape index (κ1) is 10.7. The molecule has 0 fully saturated rings. The number of rotatable bonds is 1. The molecule has 0 unspecified atom stereocenters. The predicted octanol–water partition coefficient (Wildman–Crippen LogP) is 2.59. The number of anilines is 1. The Hall–Kier alpha value is -1.77. The number of benzene rings is 1. The Labute approximate surface area is 95.9 Å². The van der Waals surface area contributed by atoms with E-state index in [1.54, 1.807) is 6.33 Å². The highest BCUT2D eigenvalue weighted by Gasteiger charge is 2.11. The quantitative estimate of drug-likeness (QED) is 0.794. The van der Waals surface area contributed by atoms with Crippen LogP contribution in [0.5, 0.6) is 0 Å². The number of hydrogen-bond acceptors (Lipinski definition) is 2. The van der Waals surface area contributed by atoms with Crippen LogP contribution >= 0.6 is 0 Å². The van der Waals surface area contributed by atoms with Crippen molar-refractivity contribution >= 4 is 5.82 Å². The van der Waals surface area contributed by atoms with Crippen LogP contribution in [0.1, 0.15) is 16.7 Å². The Morgan fingerprint density at radius 1 is 1.06 bits per heavy atom. The molecule has 2 rings (SSSR count).